The molecule has 3 aromatic rings. The number of hydrogen-bond acceptors (Lipinski definition) is 5. The summed E-state index contributed by atoms with van der Waals surface area (Å²) in [6, 6.07) is 15.1. The summed E-state index contributed by atoms with van der Waals surface area (Å²) in [7, 11) is 0.614. The van der Waals surface area contributed by atoms with E-state index in [0.29, 0.717) is 29.6 Å². The van der Waals surface area contributed by atoms with Crippen LogP contribution in [0.25, 0.3) is 11.0 Å². The van der Waals surface area contributed by atoms with E-state index in [0.717, 1.165) is 17.5 Å². The van der Waals surface area contributed by atoms with Gasteiger partial charge in [-0.2, -0.15) is 0 Å². The highest BCUT2D eigenvalue weighted by atomic mass is 32.2. The van der Waals surface area contributed by atoms with Crippen molar-refractivity contribution in [1.29, 1.82) is 0 Å². The number of anilines is 1. The van der Waals surface area contributed by atoms with Crippen molar-refractivity contribution in [3.05, 3.63) is 65.4 Å². The topological polar surface area (TPSA) is 70.8 Å². The van der Waals surface area contributed by atoms with Gasteiger partial charge in [0, 0.05) is 50.1 Å². The van der Waals surface area contributed by atoms with E-state index >= 15 is 0 Å². The van der Waals surface area contributed by atoms with E-state index in [1.807, 2.05) is 56.3 Å². The molecule has 3 rings (SSSR count). The number of sulfone groups is 1. The minimum absolute atomic E-state index is 0.100. The zero-order chi connectivity index (χ0) is 21.2. The molecule has 6 nitrogen and oxygen atoms in total. The van der Waals surface area contributed by atoms with Gasteiger partial charge >= 0.3 is 0 Å². The lowest BCUT2D eigenvalue weighted by Crippen LogP contribution is -2.30. The summed E-state index contributed by atoms with van der Waals surface area (Å²) in [5.41, 5.74) is 3.01. The Morgan fingerprint density at radius 1 is 1.03 bits per heavy atom. The Morgan fingerprint density at radius 2 is 1.69 bits per heavy atom. The summed E-state index contributed by atoms with van der Waals surface area (Å²) in [4.78, 5) is 16.9. The molecule has 0 saturated heterocycles. The van der Waals surface area contributed by atoms with Crippen LogP contribution in [0.1, 0.15) is 28.6 Å². The molecule has 0 aliphatic rings. The molecule has 1 aromatic heterocycles. The van der Waals surface area contributed by atoms with Crippen LogP contribution in [-0.4, -0.2) is 46.1 Å². The number of nitrogens with zero attached hydrogens (tertiary/aromatic N) is 2. The van der Waals surface area contributed by atoms with E-state index in [1.165, 1.54) is 0 Å². The average molecular weight is 415 g/mol. The largest absolute Gasteiger partial charge is 0.451 e. The first-order chi connectivity index (χ1) is 13.7. The lowest BCUT2D eigenvalue weighted by Gasteiger charge is -2.21. The predicted octanol–water partition coefficient (Wildman–Crippen LogP) is 3.71. The highest BCUT2D eigenvalue weighted by molar-refractivity contribution is 7.89. The molecule has 0 bridgehead atoms. The summed E-state index contributed by atoms with van der Waals surface area (Å²) in [6.07, 6.45) is 1.16. The first-order valence-corrected chi connectivity index (χ1v) is 11.5. The minimum Gasteiger partial charge on any atom is -0.451 e. The van der Waals surface area contributed by atoms with Crippen molar-refractivity contribution in [3.8, 4) is 0 Å². The smallest absolute Gasteiger partial charge is 0.290 e. The van der Waals surface area contributed by atoms with Crippen molar-refractivity contribution in [2.24, 2.45) is 0 Å². The fourth-order valence-electron chi connectivity index (χ4n) is 3.27. The maximum absolute atomic E-state index is 13.3. The molecular formula is C22H26N2O4S. The van der Waals surface area contributed by atoms with Crippen molar-refractivity contribution in [2.75, 3.05) is 31.8 Å². The second-order valence-corrected chi connectivity index (χ2v) is 9.50. The quantitative estimate of drug-likeness (QED) is 0.589. The van der Waals surface area contributed by atoms with Crippen LogP contribution < -0.4 is 4.90 Å². The Bertz CT molecular complexity index is 1120. The molecule has 0 spiro atoms. The standard InChI is InChI=1S/C22H26N2O4S/c1-5-24(14-16-10-12-17(13-11-16)23(2)3)22(25)21-19(15-29(4,26)27)18-8-6-7-9-20(18)28-21/h6-13H,5,14-15H2,1-4H3. The van der Waals surface area contributed by atoms with Crippen LogP contribution in [0.3, 0.4) is 0 Å². The molecular weight excluding hydrogens is 388 g/mol. The first-order valence-electron chi connectivity index (χ1n) is 9.43. The zero-order valence-electron chi connectivity index (χ0n) is 17.2. The van der Waals surface area contributed by atoms with Gasteiger partial charge in [0.15, 0.2) is 15.6 Å². The van der Waals surface area contributed by atoms with Gasteiger partial charge in [0.25, 0.3) is 5.91 Å². The maximum Gasteiger partial charge on any atom is 0.290 e. The van der Waals surface area contributed by atoms with Gasteiger partial charge in [-0.25, -0.2) is 8.42 Å². The van der Waals surface area contributed by atoms with Crippen molar-refractivity contribution in [1.82, 2.24) is 4.90 Å². The number of carbonyl (C=O) groups excluding carboxylic acids is 1. The number of carbonyl (C=O) groups is 1. The first kappa shape index (κ1) is 20.9. The lowest BCUT2D eigenvalue weighted by atomic mass is 10.1. The molecule has 0 aliphatic carbocycles. The molecule has 0 atom stereocenters. The molecule has 1 amide bonds. The predicted molar refractivity (Wildman–Crippen MR) is 116 cm³/mol. The van der Waals surface area contributed by atoms with E-state index in [1.54, 1.807) is 23.1 Å². The van der Waals surface area contributed by atoms with E-state index in [4.69, 9.17) is 4.42 Å². The van der Waals surface area contributed by atoms with Gasteiger partial charge in [0.05, 0.1) is 5.75 Å². The van der Waals surface area contributed by atoms with Crippen molar-refractivity contribution >= 4 is 32.4 Å². The van der Waals surface area contributed by atoms with Crippen molar-refractivity contribution in [3.63, 3.8) is 0 Å². The number of amides is 1. The van der Waals surface area contributed by atoms with Crippen LogP contribution in [0.5, 0.6) is 0 Å². The normalized spacial score (nSPS) is 11.6. The second kappa shape index (κ2) is 8.29. The third-order valence-corrected chi connectivity index (χ3v) is 5.61. The minimum atomic E-state index is -3.33. The Labute approximate surface area is 171 Å². The monoisotopic (exact) mass is 414 g/mol. The summed E-state index contributed by atoms with van der Waals surface area (Å²) in [6.45, 7) is 2.78. The molecule has 0 fully saturated rings. The van der Waals surface area contributed by atoms with Crippen LogP contribution in [0, 0.1) is 0 Å². The van der Waals surface area contributed by atoms with Crippen LogP contribution >= 0.6 is 0 Å². The molecule has 7 heteroatoms. The third-order valence-electron chi connectivity index (χ3n) is 4.79. The van der Waals surface area contributed by atoms with Gasteiger partial charge in [-0.1, -0.05) is 30.3 Å². The highest BCUT2D eigenvalue weighted by Crippen LogP contribution is 2.29. The van der Waals surface area contributed by atoms with Gasteiger partial charge in [-0.05, 0) is 30.7 Å². The van der Waals surface area contributed by atoms with Crippen LogP contribution in [0.2, 0.25) is 0 Å². The van der Waals surface area contributed by atoms with Gasteiger partial charge in [-0.15, -0.1) is 0 Å². The zero-order valence-corrected chi connectivity index (χ0v) is 18.0. The van der Waals surface area contributed by atoms with E-state index in [-0.39, 0.29) is 17.4 Å². The SMILES string of the molecule is CCN(Cc1ccc(N(C)C)cc1)C(=O)c1oc2ccccc2c1CS(C)(=O)=O. The summed E-state index contributed by atoms with van der Waals surface area (Å²) >= 11 is 0. The molecule has 29 heavy (non-hydrogen) atoms. The number of rotatable bonds is 7. The highest BCUT2D eigenvalue weighted by Gasteiger charge is 2.26. The fourth-order valence-corrected chi connectivity index (χ4v) is 4.08. The lowest BCUT2D eigenvalue weighted by molar-refractivity contribution is 0.0721. The molecule has 0 radical (unpaired) electrons. The van der Waals surface area contributed by atoms with E-state index < -0.39 is 9.84 Å². The summed E-state index contributed by atoms with van der Waals surface area (Å²) in [5, 5.41) is 0.660. The summed E-state index contributed by atoms with van der Waals surface area (Å²) in [5.74, 6) is -0.442. The molecule has 1 heterocycles. The molecule has 2 aromatic carbocycles. The maximum atomic E-state index is 13.3. The van der Waals surface area contributed by atoms with Gasteiger partial charge < -0.3 is 14.2 Å². The average Bonchev–Trinajstić information content (AvgIpc) is 3.03. The van der Waals surface area contributed by atoms with Crippen molar-refractivity contribution < 1.29 is 17.6 Å². The number of furan rings is 1. The van der Waals surface area contributed by atoms with E-state index in [9.17, 15) is 13.2 Å². The van der Waals surface area contributed by atoms with Crippen LogP contribution in [0.4, 0.5) is 5.69 Å². The van der Waals surface area contributed by atoms with Gasteiger partial charge in [0.1, 0.15) is 5.58 Å². The third kappa shape index (κ3) is 4.79. The number of para-hydroxylation sites is 1. The number of fused-ring (bicyclic) bond motifs is 1. The fraction of sp³-hybridized carbons (Fsp3) is 0.318. The Kier molecular flexibility index (Phi) is 5.98. The summed E-state index contributed by atoms with van der Waals surface area (Å²) < 4.78 is 29.7. The Morgan fingerprint density at radius 3 is 2.28 bits per heavy atom. The molecule has 0 N–H and O–H groups in total. The molecule has 0 unspecified atom stereocenters. The molecule has 154 valence electrons. The molecule has 0 saturated carbocycles. The Balaban J connectivity index is 1.94. The van der Waals surface area contributed by atoms with Gasteiger partial charge in [0.2, 0.25) is 0 Å². The number of hydrogen-bond donors (Lipinski definition) is 0. The Hall–Kier alpha value is -2.80. The number of benzene rings is 2. The van der Waals surface area contributed by atoms with Crippen molar-refractivity contribution in [2.45, 2.75) is 19.2 Å². The van der Waals surface area contributed by atoms with E-state index in [2.05, 4.69) is 0 Å². The van der Waals surface area contributed by atoms with Gasteiger partial charge in [-0.3, -0.25) is 4.79 Å². The second-order valence-electron chi connectivity index (χ2n) is 7.36. The van der Waals surface area contributed by atoms with Crippen LogP contribution in [0.15, 0.2) is 52.9 Å². The molecule has 0 aliphatic heterocycles. The van der Waals surface area contributed by atoms with Crippen LogP contribution in [-0.2, 0) is 22.1 Å².